The highest BCUT2D eigenvalue weighted by atomic mass is 35.5. The first kappa shape index (κ1) is 12.4. The lowest BCUT2D eigenvalue weighted by Gasteiger charge is -2.30. The summed E-state index contributed by atoms with van der Waals surface area (Å²) < 4.78 is 0. The fourth-order valence-electron chi connectivity index (χ4n) is 2.46. The summed E-state index contributed by atoms with van der Waals surface area (Å²) in [5, 5.41) is 0.684. The van der Waals surface area contributed by atoms with Crippen molar-refractivity contribution in [3.63, 3.8) is 0 Å². The Bertz CT molecular complexity index is 405. The van der Waals surface area contributed by atoms with Gasteiger partial charge in [-0.05, 0) is 38.0 Å². The summed E-state index contributed by atoms with van der Waals surface area (Å²) in [5.74, 6) is 0. The van der Waals surface area contributed by atoms with Gasteiger partial charge in [0.1, 0.15) is 6.29 Å². The summed E-state index contributed by atoms with van der Waals surface area (Å²) in [5.41, 5.74) is 1.70. The predicted molar refractivity (Wildman–Crippen MR) is 72.1 cm³/mol. The van der Waals surface area contributed by atoms with Crippen molar-refractivity contribution in [3.05, 3.63) is 28.8 Å². The van der Waals surface area contributed by atoms with E-state index in [1.807, 2.05) is 12.1 Å². The Kier molecular flexibility index (Phi) is 4.06. The quantitative estimate of drug-likeness (QED) is 0.743. The predicted octanol–water partition coefficient (Wildman–Crippen LogP) is 3.92. The molecule has 1 fully saturated rings. The van der Waals surface area contributed by atoms with Crippen LogP contribution < -0.4 is 4.90 Å². The molecule has 1 aliphatic rings. The van der Waals surface area contributed by atoms with Gasteiger partial charge >= 0.3 is 0 Å². The average Bonchev–Trinajstić information content (AvgIpc) is 2.54. The molecule has 0 saturated carbocycles. The average molecular weight is 252 g/mol. The Labute approximate surface area is 108 Å². The minimum absolute atomic E-state index is 0.525. The highest BCUT2D eigenvalue weighted by molar-refractivity contribution is 6.33. The summed E-state index contributed by atoms with van der Waals surface area (Å²) in [6, 6.07) is 6.08. The van der Waals surface area contributed by atoms with Crippen LogP contribution in [0.4, 0.5) is 5.69 Å². The molecule has 2 nitrogen and oxygen atoms in total. The number of hydrogen-bond donors (Lipinski definition) is 0. The zero-order chi connectivity index (χ0) is 12.3. The molecule has 1 aromatic rings. The maximum absolute atomic E-state index is 10.7. The molecule has 3 heteroatoms. The fourth-order valence-corrected chi connectivity index (χ4v) is 2.76. The van der Waals surface area contributed by atoms with E-state index in [2.05, 4.69) is 11.8 Å². The van der Waals surface area contributed by atoms with Gasteiger partial charge in [0, 0.05) is 18.2 Å². The molecule has 92 valence electrons. The van der Waals surface area contributed by atoms with E-state index in [4.69, 9.17) is 11.6 Å². The van der Waals surface area contributed by atoms with Crippen LogP contribution in [-0.4, -0.2) is 18.9 Å². The van der Waals surface area contributed by atoms with Crippen LogP contribution in [0.15, 0.2) is 18.2 Å². The Morgan fingerprint density at radius 3 is 2.88 bits per heavy atom. The van der Waals surface area contributed by atoms with Crippen LogP contribution in [0.2, 0.25) is 5.02 Å². The van der Waals surface area contributed by atoms with E-state index in [1.54, 1.807) is 6.07 Å². The lowest BCUT2D eigenvalue weighted by molar-refractivity contribution is 0.112. The number of benzene rings is 1. The third-order valence-corrected chi connectivity index (χ3v) is 3.77. The standard InChI is InChI=1S/C14H18ClNO/c1-11-5-3-2-4-8-16(11)14-7-6-12(10-17)9-13(14)15/h6-7,9-11H,2-5,8H2,1H3. The van der Waals surface area contributed by atoms with Crippen molar-refractivity contribution in [2.75, 3.05) is 11.4 Å². The van der Waals surface area contributed by atoms with E-state index in [-0.39, 0.29) is 0 Å². The number of carbonyl (C=O) groups excluding carboxylic acids is 1. The number of halogens is 1. The molecule has 1 heterocycles. The smallest absolute Gasteiger partial charge is 0.150 e. The fraction of sp³-hybridized carbons (Fsp3) is 0.500. The molecule has 0 amide bonds. The molecule has 1 unspecified atom stereocenters. The van der Waals surface area contributed by atoms with E-state index < -0.39 is 0 Å². The second-order valence-electron chi connectivity index (χ2n) is 4.72. The Morgan fingerprint density at radius 2 is 2.18 bits per heavy atom. The topological polar surface area (TPSA) is 20.3 Å². The van der Waals surface area contributed by atoms with E-state index >= 15 is 0 Å². The van der Waals surface area contributed by atoms with E-state index in [1.165, 1.54) is 25.7 Å². The van der Waals surface area contributed by atoms with Gasteiger partial charge in [0.25, 0.3) is 0 Å². The Balaban J connectivity index is 2.28. The normalized spacial score (nSPS) is 21.1. The molecule has 2 rings (SSSR count). The summed E-state index contributed by atoms with van der Waals surface area (Å²) in [7, 11) is 0. The van der Waals surface area contributed by atoms with Gasteiger partial charge in [-0.15, -0.1) is 0 Å². The molecular formula is C14H18ClNO. The zero-order valence-electron chi connectivity index (χ0n) is 10.2. The first-order chi connectivity index (χ1) is 8.22. The zero-order valence-corrected chi connectivity index (χ0v) is 10.9. The molecule has 0 aromatic heterocycles. The van der Waals surface area contributed by atoms with Crippen molar-refractivity contribution in [3.8, 4) is 0 Å². The molecule has 0 aliphatic carbocycles. The van der Waals surface area contributed by atoms with Crippen LogP contribution in [0, 0.1) is 0 Å². The van der Waals surface area contributed by atoms with Gasteiger partial charge in [-0.2, -0.15) is 0 Å². The van der Waals surface area contributed by atoms with Gasteiger partial charge in [0.15, 0.2) is 0 Å². The van der Waals surface area contributed by atoms with Crippen LogP contribution in [0.1, 0.15) is 43.0 Å². The monoisotopic (exact) mass is 251 g/mol. The van der Waals surface area contributed by atoms with E-state index in [0.717, 1.165) is 18.5 Å². The summed E-state index contributed by atoms with van der Waals surface area (Å²) in [4.78, 5) is 13.1. The number of aldehydes is 1. The minimum atomic E-state index is 0.525. The van der Waals surface area contributed by atoms with E-state index in [9.17, 15) is 4.79 Å². The molecule has 1 saturated heterocycles. The second kappa shape index (κ2) is 5.54. The lowest BCUT2D eigenvalue weighted by atomic mass is 10.1. The molecule has 0 spiro atoms. The minimum Gasteiger partial charge on any atom is -0.368 e. The van der Waals surface area contributed by atoms with Crippen LogP contribution >= 0.6 is 11.6 Å². The van der Waals surface area contributed by atoms with Crippen molar-refractivity contribution in [1.82, 2.24) is 0 Å². The summed E-state index contributed by atoms with van der Waals surface area (Å²) in [6.45, 7) is 3.30. The molecule has 0 radical (unpaired) electrons. The number of anilines is 1. The van der Waals surface area contributed by atoms with Crippen molar-refractivity contribution in [1.29, 1.82) is 0 Å². The number of hydrogen-bond acceptors (Lipinski definition) is 2. The number of carbonyl (C=O) groups is 1. The maximum atomic E-state index is 10.7. The summed E-state index contributed by atoms with van der Waals surface area (Å²) in [6.07, 6.45) is 5.86. The van der Waals surface area contributed by atoms with Crippen LogP contribution in [0.25, 0.3) is 0 Å². The highest BCUT2D eigenvalue weighted by Gasteiger charge is 2.19. The molecule has 1 atom stereocenters. The second-order valence-corrected chi connectivity index (χ2v) is 5.13. The van der Waals surface area contributed by atoms with Gasteiger partial charge in [0.05, 0.1) is 10.7 Å². The van der Waals surface area contributed by atoms with Crippen molar-refractivity contribution < 1.29 is 4.79 Å². The van der Waals surface area contributed by atoms with Crippen LogP contribution in [0.3, 0.4) is 0 Å². The molecule has 0 N–H and O–H groups in total. The molecule has 1 aliphatic heterocycles. The van der Waals surface area contributed by atoms with Gasteiger partial charge in [-0.3, -0.25) is 4.79 Å². The SMILES string of the molecule is CC1CCCCCN1c1ccc(C=O)cc1Cl. The number of nitrogens with zero attached hydrogens (tertiary/aromatic N) is 1. The van der Waals surface area contributed by atoms with Gasteiger partial charge in [-0.25, -0.2) is 0 Å². The van der Waals surface area contributed by atoms with Crippen LogP contribution in [-0.2, 0) is 0 Å². The number of rotatable bonds is 2. The van der Waals surface area contributed by atoms with Crippen LogP contribution in [0.5, 0.6) is 0 Å². The Hall–Kier alpha value is -1.02. The van der Waals surface area contributed by atoms with E-state index in [0.29, 0.717) is 16.6 Å². The highest BCUT2D eigenvalue weighted by Crippen LogP contribution is 2.31. The summed E-state index contributed by atoms with van der Waals surface area (Å²) >= 11 is 6.26. The molecule has 1 aromatic carbocycles. The van der Waals surface area contributed by atoms with Crippen molar-refractivity contribution in [2.45, 2.75) is 38.6 Å². The Morgan fingerprint density at radius 1 is 1.35 bits per heavy atom. The third kappa shape index (κ3) is 2.81. The largest absolute Gasteiger partial charge is 0.368 e. The molecule has 0 bridgehead atoms. The van der Waals surface area contributed by atoms with Gasteiger partial charge in [-0.1, -0.05) is 24.4 Å². The first-order valence-electron chi connectivity index (χ1n) is 6.24. The molecule has 17 heavy (non-hydrogen) atoms. The van der Waals surface area contributed by atoms with Gasteiger partial charge in [0.2, 0.25) is 0 Å². The third-order valence-electron chi connectivity index (χ3n) is 3.47. The van der Waals surface area contributed by atoms with Crippen molar-refractivity contribution in [2.24, 2.45) is 0 Å². The molecular weight excluding hydrogens is 234 g/mol. The maximum Gasteiger partial charge on any atom is 0.150 e. The first-order valence-corrected chi connectivity index (χ1v) is 6.61. The van der Waals surface area contributed by atoms with Gasteiger partial charge < -0.3 is 4.90 Å². The lowest BCUT2D eigenvalue weighted by Crippen LogP contribution is -2.32. The van der Waals surface area contributed by atoms with Crippen molar-refractivity contribution >= 4 is 23.6 Å².